The van der Waals surface area contributed by atoms with Gasteiger partial charge in [-0.3, -0.25) is 9.36 Å². The summed E-state index contributed by atoms with van der Waals surface area (Å²) in [7, 11) is 3.69. The lowest BCUT2D eigenvalue weighted by atomic mass is 9.95. The standard InChI is InChI=1S/C27H30N4O5S/c1-5-35-26(33)23-17(2)28-27-31(24(23)18-7-6-8-19(15-18)34-4)25(32)21(37-27)16-20-9-10-22(36-20)30-13-11-29(3)12-14-30/h6-10,15-16,24H,5,11-14H2,1-4H3. The Morgan fingerprint density at radius 1 is 1.22 bits per heavy atom. The van der Waals surface area contributed by atoms with Crippen LogP contribution in [0.4, 0.5) is 5.88 Å². The Morgan fingerprint density at radius 2 is 2.00 bits per heavy atom. The molecule has 9 nitrogen and oxygen atoms in total. The molecule has 0 bridgehead atoms. The van der Waals surface area contributed by atoms with Gasteiger partial charge in [0.05, 0.1) is 35.6 Å². The van der Waals surface area contributed by atoms with Gasteiger partial charge in [0.2, 0.25) is 0 Å². The molecular weight excluding hydrogens is 492 g/mol. The third-order valence-corrected chi connectivity index (χ3v) is 7.61. The zero-order valence-corrected chi connectivity index (χ0v) is 22.2. The zero-order chi connectivity index (χ0) is 26.1. The third kappa shape index (κ3) is 4.86. The van der Waals surface area contributed by atoms with E-state index in [0.29, 0.717) is 32.1 Å². The maximum absolute atomic E-state index is 13.8. The molecule has 2 aromatic heterocycles. The Hall–Kier alpha value is -3.63. The predicted molar refractivity (Wildman–Crippen MR) is 142 cm³/mol. The van der Waals surface area contributed by atoms with Gasteiger partial charge in [-0.15, -0.1) is 0 Å². The number of allylic oxidation sites excluding steroid dienone is 1. The fourth-order valence-corrected chi connectivity index (χ4v) is 5.69. The van der Waals surface area contributed by atoms with E-state index >= 15 is 0 Å². The minimum absolute atomic E-state index is 0.221. The van der Waals surface area contributed by atoms with Crippen LogP contribution < -0.4 is 24.5 Å². The van der Waals surface area contributed by atoms with Gasteiger partial charge in [0, 0.05) is 38.3 Å². The second kappa shape index (κ2) is 10.4. The summed E-state index contributed by atoms with van der Waals surface area (Å²) in [5, 5.41) is 0. The molecule has 194 valence electrons. The van der Waals surface area contributed by atoms with Crippen LogP contribution >= 0.6 is 11.3 Å². The third-order valence-electron chi connectivity index (χ3n) is 6.63. The minimum atomic E-state index is -0.690. The van der Waals surface area contributed by atoms with Crippen molar-refractivity contribution in [3.63, 3.8) is 0 Å². The first-order valence-corrected chi connectivity index (χ1v) is 13.1. The average molecular weight is 523 g/mol. The fourth-order valence-electron chi connectivity index (χ4n) is 4.66. The first kappa shape index (κ1) is 25.0. The molecule has 5 rings (SSSR count). The van der Waals surface area contributed by atoms with E-state index in [2.05, 4.69) is 21.8 Å². The van der Waals surface area contributed by atoms with Crippen LogP contribution in [-0.4, -0.2) is 62.4 Å². The Labute approximate surface area is 218 Å². The molecule has 0 spiro atoms. The van der Waals surface area contributed by atoms with Crippen molar-refractivity contribution >= 4 is 29.3 Å². The van der Waals surface area contributed by atoms with Crippen molar-refractivity contribution < 1.29 is 18.7 Å². The number of furan rings is 1. The van der Waals surface area contributed by atoms with Gasteiger partial charge in [-0.1, -0.05) is 23.5 Å². The molecule has 1 atom stereocenters. The van der Waals surface area contributed by atoms with Crippen LogP contribution in [0.5, 0.6) is 5.75 Å². The van der Waals surface area contributed by atoms with Crippen molar-refractivity contribution in [1.82, 2.24) is 9.47 Å². The molecule has 0 radical (unpaired) electrons. The molecule has 2 aliphatic heterocycles. The summed E-state index contributed by atoms with van der Waals surface area (Å²) in [6, 6.07) is 10.5. The van der Waals surface area contributed by atoms with Crippen molar-refractivity contribution in [3.8, 4) is 5.75 Å². The first-order valence-electron chi connectivity index (χ1n) is 12.3. The number of aromatic nitrogens is 1. The molecule has 1 aromatic carbocycles. The van der Waals surface area contributed by atoms with Gasteiger partial charge in [0.1, 0.15) is 11.5 Å². The lowest BCUT2D eigenvalue weighted by Gasteiger charge is -2.32. The van der Waals surface area contributed by atoms with Crippen LogP contribution in [0.25, 0.3) is 6.08 Å². The monoisotopic (exact) mass is 522 g/mol. The van der Waals surface area contributed by atoms with Crippen LogP contribution in [0.3, 0.4) is 0 Å². The predicted octanol–water partition coefficient (Wildman–Crippen LogP) is 2.15. The number of piperazine rings is 1. The van der Waals surface area contributed by atoms with Crippen molar-refractivity contribution in [1.29, 1.82) is 0 Å². The quantitative estimate of drug-likeness (QED) is 0.459. The molecule has 10 heteroatoms. The number of hydrogen-bond acceptors (Lipinski definition) is 9. The lowest BCUT2D eigenvalue weighted by Crippen LogP contribution is -2.44. The number of methoxy groups -OCH3 is 1. The molecule has 0 saturated carbocycles. The van der Waals surface area contributed by atoms with Gasteiger partial charge in [0.15, 0.2) is 10.7 Å². The summed E-state index contributed by atoms with van der Waals surface area (Å²) >= 11 is 1.27. The number of hydrogen-bond donors (Lipinski definition) is 0. The van der Waals surface area contributed by atoms with Crippen LogP contribution in [0.15, 0.2) is 61.9 Å². The molecule has 4 heterocycles. The largest absolute Gasteiger partial charge is 0.497 e. The molecule has 1 unspecified atom stereocenters. The highest BCUT2D eigenvalue weighted by atomic mass is 32.1. The number of rotatable bonds is 6. The molecule has 2 aliphatic rings. The van der Waals surface area contributed by atoms with Crippen molar-refractivity contribution in [2.24, 2.45) is 4.99 Å². The van der Waals surface area contributed by atoms with Gasteiger partial charge >= 0.3 is 5.97 Å². The highest BCUT2D eigenvalue weighted by Crippen LogP contribution is 2.32. The Morgan fingerprint density at radius 3 is 2.73 bits per heavy atom. The number of esters is 1. The Kier molecular flexibility index (Phi) is 7.03. The van der Waals surface area contributed by atoms with Crippen molar-refractivity contribution in [2.75, 3.05) is 51.8 Å². The fraction of sp³-hybridized carbons (Fsp3) is 0.370. The SMILES string of the molecule is CCOC(=O)C1=C(C)N=c2sc(=Cc3ccc(N4CCN(C)CC4)o3)c(=O)n2C1c1cccc(OC)c1. The normalized spacial score (nSPS) is 18.5. The number of carbonyl (C=O) groups excluding carboxylic acids is 1. The number of benzene rings is 1. The number of fused-ring (bicyclic) bond motifs is 1. The number of thiazole rings is 1. The van der Waals surface area contributed by atoms with E-state index in [1.54, 1.807) is 31.6 Å². The van der Waals surface area contributed by atoms with Gasteiger partial charge in [-0.25, -0.2) is 9.79 Å². The summed E-state index contributed by atoms with van der Waals surface area (Å²) in [6.45, 7) is 7.47. The molecule has 1 fully saturated rings. The zero-order valence-electron chi connectivity index (χ0n) is 21.4. The molecular formula is C27H30N4O5S. The van der Waals surface area contributed by atoms with E-state index in [1.807, 2.05) is 36.4 Å². The van der Waals surface area contributed by atoms with Crippen LogP contribution in [-0.2, 0) is 9.53 Å². The van der Waals surface area contributed by atoms with Crippen molar-refractivity contribution in [3.05, 3.63) is 78.7 Å². The van der Waals surface area contributed by atoms with Crippen LogP contribution in [0.2, 0.25) is 0 Å². The van der Waals surface area contributed by atoms with E-state index in [4.69, 9.17) is 13.9 Å². The van der Waals surface area contributed by atoms with E-state index in [-0.39, 0.29) is 12.2 Å². The minimum Gasteiger partial charge on any atom is -0.497 e. The highest BCUT2D eigenvalue weighted by Gasteiger charge is 2.33. The summed E-state index contributed by atoms with van der Waals surface area (Å²) in [5.74, 6) is 1.53. The second-order valence-electron chi connectivity index (χ2n) is 9.05. The van der Waals surface area contributed by atoms with Crippen LogP contribution in [0.1, 0.15) is 31.2 Å². The van der Waals surface area contributed by atoms with Gasteiger partial charge < -0.3 is 23.7 Å². The molecule has 0 N–H and O–H groups in total. The molecule has 0 aliphatic carbocycles. The van der Waals surface area contributed by atoms with Crippen molar-refractivity contribution in [2.45, 2.75) is 19.9 Å². The smallest absolute Gasteiger partial charge is 0.338 e. The summed E-state index contributed by atoms with van der Waals surface area (Å²) in [5.41, 5.74) is 1.35. The summed E-state index contributed by atoms with van der Waals surface area (Å²) in [6.07, 6.45) is 1.75. The number of ether oxygens (including phenoxy) is 2. The highest BCUT2D eigenvalue weighted by molar-refractivity contribution is 7.07. The number of carbonyl (C=O) groups is 1. The topological polar surface area (TPSA) is 89.5 Å². The van der Waals surface area contributed by atoms with Crippen LogP contribution in [0, 0.1) is 0 Å². The van der Waals surface area contributed by atoms with E-state index < -0.39 is 12.0 Å². The molecule has 0 amide bonds. The average Bonchev–Trinajstić information content (AvgIpc) is 3.48. The molecule has 1 saturated heterocycles. The lowest BCUT2D eigenvalue weighted by molar-refractivity contribution is -0.139. The van der Waals surface area contributed by atoms with E-state index in [0.717, 1.165) is 37.6 Å². The number of anilines is 1. The van der Waals surface area contributed by atoms with E-state index in [9.17, 15) is 9.59 Å². The Bertz CT molecular complexity index is 1520. The summed E-state index contributed by atoms with van der Waals surface area (Å²) < 4.78 is 18.9. The second-order valence-corrected chi connectivity index (χ2v) is 10.1. The maximum Gasteiger partial charge on any atom is 0.338 e. The van der Waals surface area contributed by atoms with Gasteiger partial charge in [-0.05, 0) is 44.7 Å². The van der Waals surface area contributed by atoms with E-state index in [1.165, 1.54) is 11.3 Å². The van der Waals surface area contributed by atoms with Gasteiger partial charge in [0.25, 0.3) is 5.56 Å². The number of nitrogens with zero attached hydrogens (tertiary/aromatic N) is 4. The molecule has 37 heavy (non-hydrogen) atoms. The Balaban J connectivity index is 1.59. The van der Waals surface area contributed by atoms with Gasteiger partial charge in [-0.2, -0.15) is 0 Å². The maximum atomic E-state index is 13.8. The number of likely N-dealkylation sites (N-methyl/N-ethyl adjacent to an activating group) is 1. The molecule has 3 aromatic rings. The first-order chi connectivity index (χ1) is 17.9. The summed E-state index contributed by atoms with van der Waals surface area (Å²) in [4.78, 5) is 36.4.